The Bertz CT molecular complexity index is 1130. The second kappa shape index (κ2) is 8.00. The molecule has 0 bridgehead atoms. The predicted molar refractivity (Wildman–Crippen MR) is 109 cm³/mol. The first-order chi connectivity index (χ1) is 13.6. The van der Waals surface area contributed by atoms with E-state index in [1.807, 2.05) is 30.3 Å². The molecule has 4 aromatic rings. The summed E-state index contributed by atoms with van der Waals surface area (Å²) in [5.74, 6) is -0.371. The summed E-state index contributed by atoms with van der Waals surface area (Å²) in [5.41, 5.74) is 3.10. The second-order valence-electron chi connectivity index (χ2n) is 5.94. The number of aromatic nitrogens is 3. The van der Waals surface area contributed by atoms with Gasteiger partial charge in [-0.05, 0) is 42.5 Å². The van der Waals surface area contributed by atoms with Gasteiger partial charge in [0.1, 0.15) is 10.8 Å². The van der Waals surface area contributed by atoms with Gasteiger partial charge in [0.05, 0.1) is 17.0 Å². The monoisotopic (exact) mass is 412 g/mol. The van der Waals surface area contributed by atoms with Gasteiger partial charge in [-0.1, -0.05) is 35.5 Å². The quantitative estimate of drug-likeness (QED) is 0.473. The number of hydrogen-bond donors (Lipinski definition) is 1. The molecule has 2 aromatic carbocycles. The van der Waals surface area contributed by atoms with Gasteiger partial charge in [0.2, 0.25) is 5.91 Å². The van der Waals surface area contributed by atoms with Crippen LogP contribution in [0.3, 0.4) is 0 Å². The van der Waals surface area contributed by atoms with Gasteiger partial charge in [0.15, 0.2) is 0 Å². The van der Waals surface area contributed by atoms with Crippen LogP contribution in [-0.2, 0) is 4.79 Å². The normalized spacial score (nSPS) is 10.9. The Labute approximate surface area is 169 Å². The fourth-order valence-electron chi connectivity index (χ4n) is 2.64. The Morgan fingerprint density at radius 3 is 2.64 bits per heavy atom. The van der Waals surface area contributed by atoms with Crippen molar-refractivity contribution in [1.29, 1.82) is 0 Å². The van der Waals surface area contributed by atoms with Gasteiger partial charge in [-0.15, -0.1) is 0 Å². The first kappa shape index (κ1) is 18.5. The zero-order valence-corrected chi connectivity index (χ0v) is 16.0. The average Bonchev–Trinajstić information content (AvgIpc) is 3.13. The molecule has 0 aliphatic rings. The number of hydrogen-bond acceptors (Lipinski definition) is 4. The molecule has 28 heavy (non-hydrogen) atoms. The molecule has 2 heterocycles. The van der Waals surface area contributed by atoms with E-state index in [9.17, 15) is 9.18 Å². The summed E-state index contributed by atoms with van der Waals surface area (Å²) < 4.78 is 14.7. The molecule has 0 unspecified atom stereocenters. The van der Waals surface area contributed by atoms with E-state index in [1.54, 1.807) is 16.9 Å². The van der Waals surface area contributed by atoms with Crippen molar-refractivity contribution < 1.29 is 9.18 Å². The molecule has 140 valence electrons. The van der Waals surface area contributed by atoms with Crippen molar-refractivity contribution in [3.63, 3.8) is 0 Å². The van der Waals surface area contributed by atoms with Crippen LogP contribution in [0.25, 0.3) is 16.8 Å². The number of fused-ring (bicyclic) bond motifs is 1. The number of thioether (sulfide) groups is 1. The van der Waals surface area contributed by atoms with Crippen molar-refractivity contribution in [1.82, 2.24) is 14.6 Å². The van der Waals surface area contributed by atoms with Gasteiger partial charge in [0.25, 0.3) is 0 Å². The molecule has 0 spiro atoms. The smallest absolute Gasteiger partial charge is 0.234 e. The number of anilines is 1. The van der Waals surface area contributed by atoms with Crippen molar-refractivity contribution in [3.8, 4) is 11.3 Å². The molecular formula is C20H14ClFN4OS. The fraction of sp³-hybridized carbons (Fsp3) is 0.0500. The summed E-state index contributed by atoms with van der Waals surface area (Å²) in [4.78, 5) is 16.5. The lowest BCUT2D eigenvalue weighted by atomic mass is 10.1. The van der Waals surface area contributed by atoms with Gasteiger partial charge in [-0.2, -0.15) is 5.10 Å². The summed E-state index contributed by atoms with van der Waals surface area (Å²) in [5, 5.41) is 8.66. The van der Waals surface area contributed by atoms with Gasteiger partial charge in [0, 0.05) is 28.7 Å². The topological polar surface area (TPSA) is 59.3 Å². The highest BCUT2D eigenvalue weighted by Gasteiger charge is 2.11. The molecular weight excluding hydrogens is 399 g/mol. The zero-order valence-electron chi connectivity index (χ0n) is 14.5. The number of nitrogens with one attached hydrogen (secondary N) is 1. The van der Waals surface area contributed by atoms with Crippen LogP contribution < -0.4 is 5.32 Å². The maximum atomic E-state index is 12.9. The van der Waals surface area contributed by atoms with E-state index in [4.69, 9.17) is 11.6 Å². The molecule has 5 nitrogen and oxygen atoms in total. The molecule has 0 fully saturated rings. The third kappa shape index (κ3) is 4.16. The maximum Gasteiger partial charge on any atom is 0.234 e. The first-order valence-electron chi connectivity index (χ1n) is 8.37. The van der Waals surface area contributed by atoms with Gasteiger partial charge >= 0.3 is 0 Å². The molecule has 2 aromatic heterocycles. The highest BCUT2D eigenvalue weighted by atomic mass is 35.5. The van der Waals surface area contributed by atoms with Crippen LogP contribution in [0.1, 0.15) is 0 Å². The Morgan fingerprint density at radius 2 is 1.89 bits per heavy atom. The van der Waals surface area contributed by atoms with E-state index < -0.39 is 0 Å². The number of rotatable bonds is 5. The van der Waals surface area contributed by atoms with E-state index >= 15 is 0 Å². The van der Waals surface area contributed by atoms with Crippen LogP contribution in [0.5, 0.6) is 0 Å². The molecule has 0 atom stereocenters. The van der Waals surface area contributed by atoms with Crippen molar-refractivity contribution in [2.75, 3.05) is 11.1 Å². The Morgan fingerprint density at radius 1 is 1.14 bits per heavy atom. The van der Waals surface area contributed by atoms with Crippen molar-refractivity contribution in [2.24, 2.45) is 0 Å². The summed E-state index contributed by atoms with van der Waals surface area (Å²) in [6.07, 6.45) is 3.41. The molecule has 0 saturated heterocycles. The summed E-state index contributed by atoms with van der Waals surface area (Å²) in [7, 11) is 0. The third-order valence-corrected chi connectivity index (χ3v) is 5.21. The minimum absolute atomic E-state index is 0.172. The number of carbonyl (C=O) groups excluding carboxylic acids is 1. The van der Waals surface area contributed by atoms with Crippen molar-refractivity contribution >= 4 is 40.5 Å². The van der Waals surface area contributed by atoms with Crippen molar-refractivity contribution in [2.45, 2.75) is 5.03 Å². The van der Waals surface area contributed by atoms with Crippen molar-refractivity contribution in [3.05, 3.63) is 77.8 Å². The minimum Gasteiger partial charge on any atom is -0.325 e. The van der Waals surface area contributed by atoms with Crippen LogP contribution in [-0.4, -0.2) is 26.3 Å². The Balaban J connectivity index is 1.50. The van der Waals surface area contributed by atoms with E-state index in [0.717, 1.165) is 16.8 Å². The molecule has 8 heteroatoms. The lowest BCUT2D eigenvalue weighted by molar-refractivity contribution is -0.113. The first-order valence-corrected chi connectivity index (χ1v) is 9.73. The van der Waals surface area contributed by atoms with E-state index in [2.05, 4.69) is 15.4 Å². The number of nitrogens with zero attached hydrogens (tertiary/aromatic N) is 3. The van der Waals surface area contributed by atoms with Gasteiger partial charge in [-0.25, -0.2) is 13.9 Å². The number of halogens is 2. The lowest BCUT2D eigenvalue weighted by Gasteiger charge is -2.05. The summed E-state index contributed by atoms with van der Waals surface area (Å²) in [6.45, 7) is 0. The number of amides is 1. The Kier molecular flexibility index (Phi) is 5.27. The molecule has 0 radical (unpaired) electrons. The third-order valence-electron chi connectivity index (χ3n) is 3.96. The highest BCUT2D eigenvalue weighted by molar-refractivity contribution is 8.00. The standard InChI is InChI=1S/C20H14ClFN4OS/c21-14-3-1-13(2-4-14)17-11-18-20(23-9-10-26(18)25-17)28-12-19(27)24-16-7-5-15(22)6-8-16/h1-11H,12H2,(H,24,27). The number of carbonyl (C=O) groups is 1. The molecule has 4 rings (SSSR count). The largest absolute Gasteiger partial charge is 0.325 e. The van der Waals surface area contributed by atoms with E-state index in [0.29, 0.717) is 15.7 Å². The molecule has 0 aliphatic carbocycles. The van der Waals surface area contributed by atoms with Crippen LogP contribution in [0, 0.1) is 5.82 Å². The lowest BCUT2D eigenvalue weighted by Crippen LogP contribution is -2.14. The van der Waals surface area contributed by atoms with Crippen LogP contribution in [0.4, 0.5) is 10.1 Å². The summed E-state index contributed by atoms with van der Waals surface area (Å²) >= 11 is 7.26. The summed E-state index contributed by atoms with van der Waals surface area (Å²) in [6, 6.07) is 15.0. The molecule has 1 N–H and O–H groups in total. The van der Waals surface area contributed by atoms with Crippen LogP contribution in [0.2, 0.25) is 5.02 Å². The minimum atomic E-state index is -0.347. The number of benzene rings is 2. The zero-order chi connectivity index (χ0) is 19.5. The SMILES string of the molecule is O=C(CSc1nccn2nc(-c3ccc(Cl)cc3)cc12)Nc1ccc(F)cc1. The van der Waals surface area contributed by atoms with Crippen LogP contribution in [0.15, 0.2) is 72.0 Å². The van der Waals surface area contributed by atoms with Crippen LogP contribution >= 0.6 is 23.4 Å². The van der Waals surface area contributed by atoms with Gasteiger partial charge in [-0.3, -0.25) is 4.79 Å². The van der Waals surface area contributed by atoms with E-state index in [1.165, 1.54) is 36.0 Å². The fourth-order valence-corrected chi connectivity index (χ4v) is 3.54. The molecule has 0 aliphatic heterocycles. The molecule has 1 amide bonds. The second-order valence-corrected chi connectivity index (χ2v) is 7.34. The Hall–Kier alpha value is -2.90. The predicted octanol–water partition coefficient (Wildman–Crippen LogP) is 4.92. The molecule has 0 saturated carbocycles. The van der Waals surface area contributed by atoms with E-state index in [-0.39, 0.29) is 17.5 Å². The maximum absolute atomic E-state index is 12.9. The highest BCUT2D eigenvalue weighted by Crippen LogP contribution is 2.26. The van der Waals surface area contributed by atoms with Gasteiger partial charge < -0.3 is 5.32 Å². The average molecular weight is 413 g/mol.